The Bertz CT molecular complexity index is 366. The molecule has 0 aliphatic carbocycles. The Morgan fingerprint density at radius 3 is 2.40 bits per heavy atom. The second-order valence-corrected chi connectivity index (χ2v) is 3.65. The van der Waals surface area contributed by atoms with E-state index in [1.165, 1.54) is 12.1 Å². The molecule has 0 bridgehead atoms. The van der Waals surface area contributed by atoms with Crippen LogP contribution in [0.25, 0.3) is 0 Å². The van der Waals surface area contributed by atoms with Crippen LogP contribution >= 0.6 is 15.9 Å². The van der Waals surface area contributed by atoms with Crippen molar-refractivity contribution in [1.82, 2.24) is 0 Å². The van der Waals surface area contributed by atoms with Crippen LogP contribution in [0.2, 0.25) is 0 Å². The number of hydrogen-bond donors (Lipinski definition) is 0. The van der Waals surface area contributed by atoms with E-state index in [0.29, 0.717) is 0 Å². The number of hydrogen-bond acceptors (Lipinski definition) is 1. The Hall–Kier alpha value is -0.910. The second kappa shape index (κ2) is 4.30. The maximum Gasteiger partial charge on any atom is 0.450 e. The Labute approximate surface area is 91.2 Å². The van der Waals surface area contributed by atoms with Crippen molar-refractivity contribution in [3.8, 4) is 0 Å². The minimum atomic E-state index is -4.93. The molecular weight excluding hydrogens is 280 g/mol. The first-order valence-corrected chi connectivity index (χ1v) is 4.64. The SMILES string of the molecule is O=C(Cc1c(F)cccc1Br)C(F)(F)F. The normalized spacial score (nSPS) is 11.5. The standard InChI is InChI=1S/C9H5BrF4O/c10-6-2-1-3-7(11)5(6)4-8(15)9(12,13)14/h1-3H,4H2. The average molecular weight is 285 g/mol. The third-order valence-corrected chi connectivity index (χ3v) is 2.46. The highest BCUT2D eigenvalue weighted by Crippen LogP contribution is 2.24. The number of carbonyl (C=O) groups excluding carboxylic acids is 1. The van der Waals surface area contributed by atoms with Gasteiger partial charge in [0.25, 0.3) is 0 Å². The molecule has 0 heterocycles. The average Bonchev–Trinajstić information content (AvgIpc) is 2.09. The molecule has 0 aromatic heterocycles. The van der Waals surface area contributed by atoms with Crippen molar-refractivity contribution in [2.75, 3.05) is 0 Å². The molecule has 0 fully saturated rings. The smallest absolute Gasteiger partial charge is 0.289 e. The number of Topliss-reactive ketones (excluding diaryl/α,β-unsaturated/α-hetero) is 1. The lowest BCUT2D eigenvalue weighted by Gasteiger charge is -2.07. The van der Waals surface area contributed by atoms with E-state index in [9.17, 15) is 22.4 Å². The molecular formula is C9H5BrF4O. The van der Waals surface area contributed by atoms with Crippen LogP contribution in [-0.4, -0.2) is 12.0 Å². The van der Waals surface area contributed by atoms with Gasteiger partial charge in [-0.25, -0.2) is 4.39 Å². The van der Waals surface area contributed by atoms with Crippen molar-refractivity contribution in [1.29, 1.82) is 0 Å². The monoisotopic (exact) mass is 284 g/mol. The number of alkyl halides is 3. The zero-order chi connectivity index (χ0) is 11.6. The summed E-state index contributed by atoms with van der Waals surface area (Å²) >= 11 is 2.88. The van der Waals surface area contributed by atoms with Crippen LogP contribution in [0.3, 0.4) is 0 Å². The van der Waals surface area contributed by atoms with Gasteiger partial charge in [-0.3, -0.25) is 4.79 Å². The number of carbonyl (C=O) groups is 1. The fraction of sp³-hybridized carbons (Fsp3) is 0.222. The molecule has 0 N–H and O–H groups in total. The molecule has 6 heteroatoms. The van der Waals surface area contributed by atoms with E-state index in [2.05, 4.69) is 15.9 Å². The first-order valence-electron chi connectivity index (χ1n) is 3.85. The van der Waals surface area contributed by atoms with Crippen LogP contribution in [0.1, 0.15) is 5.56 Å². The van der Waals surface area contributed by atoms with E-state index >= 15 is 0 Å². The summed E-state index contributed by atoms with van der Waals surface area (Å²) in [6.07, 6.45) is -5.92. The number of rotatable bonds is 2. The van der Waals surface area contributed by atoms with Crippen molar-refractivity contribution < 1.29 is 22.4 Å². The molecule has 0 unspecified atom stereocenters. The highest BCUT2D eigenvalue weighted by molar-refractivity contribution is 9.10. The second-order valence-electron chi connectivity index (χ2n) is 2.80. The molecule has 0 aliphatic heterocycles. The molecule has 15 heavy (non-hydrogen) atoms. The van der Waals surface area contributed by atoms with Gasteiger partial charge in [-0.15, -0.1) is 0 Å². The van der Waals surface area contributed by atoms with E-state index in [4.69, 9.17) is 0 Å². The minimum absolute atomic E-state index is 0.153. The Morgan fingerprint density at radius 2 is 1.93 bits per heavy atom. The lowest BCUT2D eigenvalue weighted by Crippen LogP contribution is -2.25. The topological polar surface area (TPSA) is 17.1 Å². The van der Waals surface area contributed by atoms with Crippen molar-refractivity contribution in [3.05, 3.63) is 34.1 Å². The highest BCUT2D eigenvalue weighted by Gasteiger charge is 2.38. The van der Waals surface area contributed by atoms with E-state index in [1.807, 2.05) is 0 Å². The number of ketones is 1. The zero-order valence-electron chi connectivity index (χ0n) is 7.24. The van der Waals surface area contributed by atoms with Crippen molar-refractivity contribution >= 4 is 21.7 Å². The summed E-state index contributed by atoms with van der Waals surface area (Å²) in [6.45, 7) is 0. The summed E-state index contributed by atoms with van der Waals surface area (Å²) in [5, 5.41) is 0. The van der Waals surface area contributed by atoms with Gasteiger partial charge < -0.3 is 0 Å². The summed E-state index contributed by atoms with van der Waals surface area (Å²) in [7, 11) is 0. The fourth-order valence-electron chi connectivity index (χ4n) is 0.962. The minimum Gasteiger partial charge on any atom is -0.289 e. The van der Waals surface area contributed by atoms with E-state index in [1.54, 1.807) is 0 Å². The Kier molecular flexibility index (Phi) is 3.49. The Balaban J connectivity index is 2.95. The Morgan fingerprint density at radius 1 is 1.33 bits per heavy atom. The van der Waals surface area contributed by atoms with Crippen LogP contribution in [0.5, 0.6) is 0 Å². The van der Waals surface area contributed by atoms with E-state index in [-0.39, 0.29) is 10.0 Å². The molecule has 1 nitrogen and oxygen atoms in total. The predicted molar refractivity (Wildman–Crippen MR) is 48.9 cm³/mol. The quantitative estimate of drug-likeness (QED) is 0.762. The predicted octanol–water partition coefficient (Wildman–Crippen LogP) is 3.26. The van der Waals surface area contributed by atoms with Crippen LogP contribution in [-0.2, 0) is 11.2 Å². The molecule has 0 spiro atoms. The molecule has 1 rings (SSSR count). The van der Waals surface area contributed by atoms with Crippen molar-refractivity contribution in [2.45, 2.75) is 12.6 Å². The van der Waals surface area contributed by atoms with Gasteiger partial charge in [0.2, 0.25) is 5.78 Å². The summed E-state index contributed by atoms with van der Waals surface area (Å²) in [6, 6.07) is 3.72. The van der Waals surface area contributed by atoms with E-state index < -0.39 is 24.2 Å². The van der Waals surface area contributed by atoms with Crippen LogP contribution in [0.4, 0.5) is 17.6 Å². The molecule has 0 aliphatic rings. The third-order valence-electron chi connectivity index (χ3n) is 1.72. The summed E-state index contributed by atoms with van der Waals surface area (Å²) in [5.74, 6) is -2.80. The first-order chi connectivity index (χ1) is 6.82. The van der Waals surface area contributed by atoms with Crippen molar-refractivity contribution in [3.63, 3.8) is 0 Å². The van der Waals surface area contributed by atoms with Crippen LogP contribution in [0.15, 0.2) is 22.7 Å². The summed E-state index contributed by atoms with van der Waals surface area (Å²) in [5.41, 5.74) is -0.278. The third kappa shape index (κ3) is 3.02. The van der Waals surface area contributed by atoms with Gasteiger partial charge in [0.05, 0.1) is 0 Å². The van der Waals surface area contributed by atoms with Crippen LogP contribution < -0.4 is 0 Å². The lowest BCUT2D eigenvalue weighted by atomic mass is 10.1. The van der Waals surface area contributed by atoms with Crippen LogP contribution in [0, 0.1) is 5.82 Å². The molecule has 82 valence electrons. The lowest BCUT2D eigenvalue weighted by molar-refractivity contribution is -0.170. The van der Waals surface area contributed by atoms with Gasteiger partial charge in [0.1, 0.15) is 5.82 Å². The number of halogens is 5. The zero-order valence-corrected chi connectivity index (χ0v) is 8.82. The van der Waals surface area contributed by atoms with Gasteiger partial charge in [0.15, 0.2) is 0 Å². The molecule has 0 saturated carbocycles. The van der Waals surface area contributed by atoms with Gasteiger partial charge in [-0.1, -0.05) is 22.0 Å². The van der Waals surface area contributed by atoms with Gasteiger partial charge in [0, 0.05) is 16.5 Å². The summed E-state index contributed by atoms with van der Waals surface area (Å²) in [4.78, 5) is 10.6. The molecule has 1 aromatic rings. The van der Waals surface area contributed by atoms with E-state index in [0.717, 1.165) is 6.07 Å². The molecule has 0 radical (unpaired) electrons. The van der Waals surface area contributed by atoms with Crippen molar-refractivity contribution in [2.24, 2.45) is 0 Å². The maximum absolute atomic E-state index is 13.0. The number of benzene rings is 1. The largest absolute Gasteiger partial charge is 0.450 e. The molecule has 0 atom stereocenters. The van der Waals surface area contributed by atoms with Gasteiger partial charge in [-0.2, -0.15) is 13.2 Å². The highest BCUT2D eigenvalue weighted by atomic mass is 79.9. The fourth-order valence-corrected chi connectivity index (χ4v) is 1.44. The first kappa shape index (κ1) is 12.2. The maximum atomic E-state index is 13.0. The summed E-state index contributed by atoms with van der Waals surface area (Å²) < 4.78 is 48.9. The molecule has 1 aromatic carbocycles. The van der Waals surface area contributed by atoms with Gasteiger partial charge in [-0.05, 0) is 12.1 Å². The molecule has 0 amide bonds. The molecule has 0 saturated heterocycles. The van der Waals surface area contributed by atoms with Gasteiger partial charge >= 0.3 is 6.18 Å².